The van der Waals surface area contributed by atoms with Crippen LogP contribution in [0.4, 0.5) is 0 Å². The lowest BCUT2D eigenvalue weighted by atomic mass is 10.2. The zero-order valence-electron chi connectivity index (χ0n) is 38.2. The van der Waals surface area contributed by atoms with Crippen molar-refractivity contribution in [2.24, 2.45) is 0 Å². The van der Waals surface area contributed by atoms with E-state index >= 15 is 0 Å². The smallest absolute Gasteiger partial charge is 0.328 e. The molecule has 0 atom stereocenters. The molecule has 0 fully saturated rings. The number of rotatable bonds is 16. The van der Waals surface area contributed by atoms with Gasteiger partial charge in [-0.1, -0.05) is 36.4 Å². The van der Waals surface area contributed by atoms with Crippen LogP contribution in [0.3, 0.4) is 0 Å². The molecule has 0 saturated heterocycles. The minimum Gasteiger partial charge on any atom is -0.508 e. The molecule has 8 N–H and O–H groups in total. The van der Waals surface area contributed by atoms with Gasteiger partial charge in [-0.15, -0.1) is 0 Å². The molecule has 0 amide bonds. The van der Waals surface area contributed by atoms with Crippen molar-refractivity contribution in [3.63, 3.8) is 0 Å². The van der Waals surface area contributed by atoms with E-state index in [1.165, 1.54) is 108 Å². The van der Waals surface area contributed by atoms with E-state index in [9.17, 15) is 54.3 Å². The number of hydrogen-bond acceptors (Lipinski definition) is 17. The van der Waals surface area contributed by atoms with Crippen LogP contribution >= 0.6 is 0 Å². The van der Waals surface area contributed by atoms with Crippen LogP contribution < -0.4 is 23.7 Å². The molecule has 70 heavy (non-hydrogen) atoms. The van der Waals surface area contributed by atoms with Gasteiger partial charge in [0.1, 0.15) is 18.3 Å². The van der Waals surface area contributed by atoms with E-state index in [0.29, 0.717) is 63.6 Å². The molecular weight excluding hydrogens is 917 g/mol. The Morgan fingerprint density at radius 3 is 0.971 bits per heavy atom. The Labute approximate surface area is 401 Å². The van der Waals surface area contributed by atoms with Crippen LogP contribution in [0.15, 0.2) is 127 Å². The number of hydrogen-bond donors (Lipinski definition) is 8. The Hall–Kier alpha value is -9.78. The molecule has 368 valence electrons. The highest BCUT2D eigenvalue weighted by Crippen LogP contribution is 2.30. The molecule has 0 unspecified atom stereocenters. The van der Waals surface area contributed by atoms with Crippen molar-refractivity contribution in [3.05, 3.63) is 155 Å². The summed E-state index contributed by atoms with van der Waals surface area (Å²) in [6, 6.07) is 23.0. The molecule has 0 aromatic heterocycles. The molecule has 5 rings (SSSR count). The van der Waals surface area contributed by atoms with E-state index in [2.05, 4.69) is 0 Å². The number of ketones is 1. The fourth-order valence-electron chi connectivity index (χ4n) is 4.85. The number of aliphatic hydroxyl groups excluding tert-OH is 1. The summed E-state index contributed by atoms with van der Waals surface area (Å²) in [6.45, 7) is 0. The SMILES string of the molecule is COc1cc(/C=C/C(=O)O)ccc1O.COc1cc(/C=C/C(=O)O)ccc1O.COc1cc(/C=C/C(O)=C/C(=O)C=O)ccc1O.COc1cc(/C=C/C=O)ccc1O.COc1cc(C=O)ccc1O. The number of carbonyl (C=O) groups is 6. The number of aromatic hydroxyl groups is 5. The lowest BCUT2D eigenvalue weighted by Gasteiger charge is -2.03. The number of carbonyl (C=O) groups excluding carboxylic acids is 4. The van der Waals surface area contributed by atoms with Gasteiger partial charge in [0.25, 0.3) is 0 Å². The van der Waals surface area contributed by atoms with Gasteiger partial charge in [-0.05, 0) is 113 Å². The van der Waals surface area contributed by atoms with Crippen LogP contribution in [-0.4, -0.2) is 113 Å². The lowest BCUT2D eigenvalue weighted by molar-refractivity contribution is -0.132. The molecule has 0 spiro atoms. The first-order valence-electron chi connectivity index (χ1n) is 19.7. The summed E-state index contributed by atoms with van der Waals surface area (Å²) in [6.07, 6.45) is 13.0. The second-order valence-electron chi connectivity index (χ2n) is 13.0. The molecule has 19 heteroatoms. The van der Waals surface area contributed by atoms with Crippen molar-refractivity contribution in [1.82, 2.24) is 0 Å². The van der Waals surface area contributed by atoms with Gasteiger partial charge < -0.3 is 64.5 Å². The summed E-state index contributed by atoms with van der Waals surface area (Å²) in [5, 5.41) is 72.3. The molecule has 0 saturated carbocycles. The van der Waals surface area contributed by atoms with Gasteiger partial charge in [0.2, 0.25) is 5.78 Å². The average Bonchev–Trinajstić information content (AvgIpc) is 3.36. The number of ether oxygens (including phenoxy) is 5. The highest BCUT2D eigenvalue weighted by Gasteiger charge is 2.04. The number of benzene rings is 5. The number of aliphatic carboxylic acids is 2. The van der Waals surface area contributed by atoms with Gasteiger partial charge in [0.15, 0.2) is 63.8 Å². The first kappa shape index (κ1) is 58.2. The minimum absolute atomic E-state index is 0.00514. The topological polar surface area (TPSA) is 310 Å². The maximum Gasteiger partial charge on any atom is 0.328 e. The second kappa shape index (κ2) is 32.0. The van der Waals surface area contributed by atoms with Crippen molar-refractivity contribution >= 4 is 60.9 Å². The summed E-state index contributed by atoms with van der Waals surface area (Å²) in [5.74, 6) is -1.36. The molecule has 0 heterocycles. The quantitative estimate of drug-likeness (QED) is 0.0156. The third kappa shape index (κ3) is 22.4. The summed E-state index contributed by atoms with van der Waals surface area (Å²) in [4.78, 5) is 61.5. The molecular formula is C51H50O19. The van der Waals surface area contributed by atoms with Crippen molar-refractivity contribution in [2.75, 3.05) is 35.5 Å². The Balaban J connectivity index is 0.000000441. The Kier molecular flexibility index (Phi) is 26.6. The zero-order valence-corrected chi connectivity index (χ0v) is 38.2. The zero-order chi connectivity index (χ0) is 52.6. The fraction of sp³-hybridized carbons (Fsp3) is 0.0980. The highest BCUT2D eigenvalue weighted by atomic mass is 16.5. The third-order valence-corrected chi connectivity index (χ3v) is 8.21. The predicted octanol–water partition coefficient (Wildman–Crippen LogP) is 7.45. The van der Waals surface area contributed by atoms with Crippen LogP contribution in [0, 0.1) is 0 Å². The molecule has 0 radical (unpaired) electrons. The summed E-state index contributed by atoms with van der Waals surface area (Å²) < 4.78 is 24.3. The second-order valence-corrected chi connectivity index (χ2v) is 13.0. The Morgan fingerprint density at radius 2 is 0.700 bits per heavy atom. The van der Waals surface area contributed by atoms with E-state index in [0.717, 1.165) is 23.8 Å². The van der Waals surface area contributed by atoms with Crippen molar-refractivity contribution in [2.45, 2.75) is 0 Å². The number of aliphatic hydroxyl groups is 1. The van der Waals surface area contributed by atoms with E-state index in [1.54, 1.807) is 54.6 Å². The number of phenolic OH excluding ortho intramolecular Hbond substituents is 5. The number of methoxy groups -OCH3 is 5. The van der Waals surface area contributed by atoms with Crippen LogP contribution in [0.25, 0.3) is 24.3 Å². The van der Waals surface area contributed by atoms with Crippen LogP contribution in [0.1, 0.15) is 32.6 Å². The van der Waals surface area contributed by atoms with Gasteiger partial charge >= 0.3 is 11.9 Å². The number of carboxylic acids is 2. The van der Waals surface area contributed by atoms with Crippen molar-refractivity contribution in [1.29, 1.82) is 0 Å². The van der Waals surface area contributed by atoms with Crippen molar-refractivity contribution < 1.29 is 93.3 Å². The lowest BCUT2D eigenvalue weighted by Crippen LogP contribution is -1.94. The Bertz CT molecular complexity index is 2620. The molecule has 19 nitrogen and oxygen atoms in total. The van der Waals surface area contributed by atoms with Gasteiger partial charge in [-0.25, -0.2) is 9.59 Å². The first-order valence-corrected chi connectivity index (χ1v) is 19.7. The summed E-state index contributed by atoms with van der Waals surface area (Å²) in [5.41, 5.74) is 3.26. The van der Waals surface area contributed by atoms with Crippen molar-refractivity contribution in [3.8, 4) is 57.5 Å². The molecule has 0 aliphatic rings. The molecule has 5 aromatic carbocycles. The standard InChI is InChI=1S/C13H12O5.2C10H10O4.C10H10O3.C8H8O3/c1-18-13-6-9(3-5-12(13)17)2-4-10(15)7-11(16)8-14;2*1-14-9-6-7(2-4-8(9)11)3-5-10(12)13;1-13-10-7-8(3-2-6-11)4-5-9(10)12;1-11-8-4-6(5-9)2-3-7(8)10/h2-8,15,17H,1H3;2*2-6,11H,1H3,(H,12,13);2-7,12H,1H3;2-5,10H,1H3/b4-2+,10-7-;2*5-3+;3-2+;. The number of phenols is 5. The first-order chi connectivity index (χ1) is 33.4. The Morgan fingerprint density at radius 1 is 0.414 bits per heavy atom. The maximum absolute atomic E-state index is 10.7. The third-order valence-electron chi connectivity index (χ3n) is 8.21. The van der Waals surface area contributed by atoms with E-state index in [-0.39, 0.29) is 40.8 Å². The fourth-order valence-corrected chi connectivity index (χ4v) is 4.85. The largest absolute Gasteiger partial charge is 0.508 e. The molecule has 0 bridgehead atoms. The summed E-state index contributed by atoms with van der Waals surface area (Å²) in [7, 11) is 7.19. The minimum atomic E-state index is -1.02. The predicted molar refractivity (Wildman–Crippen MR) is 258 cm³/mol. The molecule has 0 aliphatic carbocycles. The van der Waals surface area contributed by atoms with E-state index < -0.39 is 17.7 Å². The number of allylic oxidation sites excluding steroid dienone is 3. The van der Waals surface area contributed by atoms with Crippen LogP contribution in [0.2, 0.25) is 0 Å². The molecule has 5 aromatic rings. The van der Waals surface area contributed by atoms with Crippen LogP contribution in [0.5, 0.6) is 57.5 Å². The number of aldehydes is 3. The summed E-state index contributed by atoms with van der Waals surface area (Å²) >= 11 is 0. The highest BCUT2D eigenvalue weighted by molar-refractivity contribution is 6.30. The maximum atomic E-state index is 10.7. The molecule has 0 aliphatic heterocycles. The van der Waals surface area contributed by atoms with Gasteiger partial charge in [0.05, 0.1) is 35.5 Å². The van der Waals surface area contributed by atoms with Gasteiger partial charge in [-0.3, -0.25) is 19.2 Å². The monoisotopic (exact) mass is 966 g/mol. The van der Waals surface area contributed by atoms with E-state index in [4.69, 9.17) is 39.0 Å². The van der Waals surface area contributed by atoms with Gasteiger partial charge in [-0.2, -0.15) is 0 Å². The number of carboxylic acid groups (broad SMARTS) is 2. The van der Waals surface area contributed by atoms with Crippen LogP contribution in [-0.2, 0) is 24.0 Å². The normalized spacial score (nSPS) is 10.4. The average molecular weight is 967 g/mol. The van der Waals surface area contributed by atoms with E-state index in [1.807, 2.05) is 0 Å². The van der Waals surface area contributed by atoms with Gasteiger partial charge in [0, 0.05) is 23.8 Å².